The fourth-order valence-electron chi connectivity index (χ4n) is 8.77. The van der Waals surface area contributed by atoms with Crippen LogP contribution in [-0.4, -0.2) is 112 Å². The second kappa shape index (κ2) is 17.7. The molecule has 5 heterocycles. The third-order valence-electron chi connectivity index (χ3n) is 12.0. The van der Waals surface area contributed by atoms with E-state index in [0.29, 0.717) is 65.0 Å². The smallest absolute Gasteiger partial charge is 0.234 e. The summed E-state index contributed by atoms with van der Waals surface area (Å²) in [5, 5.41) is 9.52. The maximum Gasteiger partial charge on any atom is 0.234 e. The molecule has 1 aromatic heterocycles. The van der Waals surface area contributed by atoms with Crippen molar-refractivity contribution in [1.82, 2.24) is 25.1 Å². The van der Waals surface area contributed by atoms with Crippen molar-refractivity contribution in [3.8, 4) is 5.75 Å². The van der Waals surface area contributed by atoms with Crippen molar-refractivity contribution >= 4 is 79.6 Å². The van der Waals surface area contributed by atoms with Crippen LogP contribution in [0, 0.1) is 5.82 Å². The molecule has 2 amide bonds. The van der Waals surface area contributed by atoms with Crippen LogP contribution in [0.3, 0.4) is 0 Å². The number of piperidine rings is 2. The predicted molar refractivity (Wildman–Crippen MR) is 232 cm³/mol. The van der Waals surface area contributed by atoms with Crippen LogP contribution in [0.5, 0.6) is 5.75 Å². The minimum Gasteiger partial charge on any atom is -0.494 e. The number of methoxy groups -OCH3 is 1. The number of nitrogens with one attached hydrogen (secondary N) is 3. The number of rotatable bonds is 12. The van der Waals surface area contributed by atoms with Gasteiger partial charge in [-0.2, -0.15) is 4.98 Å². The van der Waals surface area contributed by atoms with Gasteiger partial charge in [-0.25, -0.2) is 17.8 Å². The Morgan fingerprint density at radius 2 is 1.70 bits per heavy atom. The average Bonchev–Trinajstić information content (AvgIpc) is 3.69. The van der Waals surface area contributed by atoms with Gasteiger partial charge in [-0.15, -0.1) is 0 Å². The molecule has 1 unspecified atom stereocenters. The van der Waals surface area contributed by atoms with E-state index in [-0.39, 0.29) is 29.3 Å². The second-order valence-electron chi connectivity index (χ2n) is 15.7. The fraction of sp³-hybridized carbons (Fsp3) is 0.429. The number of sulfonamides is 1. The normalized spacial score (nSPS) is 19.3. The summed E-state index contributed by atoms with van der Waals surface area (Å²) in [4.78, 5) is 40.2. The number of amides is 2. The third-order valence-corrected chi connectivity index (χ3v) is 13.8. The van der Waals surface area contributed by atoms with E-state index in [1.165, 1.54) is 22.8 Å². The highest BCUT2D eigenvalue weighted by Crippen LogP contribution is 2.40. The molecule has 3 saturated heterocycles. The minimum atomic E-state index is -3.47. The van der Waals surface area contributed by atoms with Crippen molar-refractivity contribution in [3.63, 3.8) is 0 Å². The van der Waals surface area contributed by atoms with Gasteiger partial charge in [-0.05, 0) is 73.6 Å². The number of benzene rings is 3. The van der Waals surface area contributed by atoms with Crippen LogP contribution >= 0.6 is 23.2 Å². The Bertz CT molecular complexity index is 2390. The Morgan fingerprint density at radius 3 is 2.43 bits per heavy atom. The van der Waals surface area contributed by atoms with E-state index < -0.39 is 27.7 Å². The summed E-state index contributed by atoms with van der Waals surface area (Å²) in [6.45, 7) is 6.74. The van der Waals surface area contributed by atoms with Crippen molar-refractivity contribution in [2.24, 2.45) is 0 Å². The van der Waals surface area contributed by atoms with Gasteiger partial charge in [-0.3, -0.25) is 24.1 Å². The molecule has 3 aromatic carbocycles. The van der Waals surface area contributed by atoms with Crippen molar-refractivity contribution < 1.29 is 27.1 Å². The third kappa shape index (κ3) is 9.12. The molecule has 1 atom stereocenters. The molecule has 3 fully saturated rings. The Morgan fingerprint density at radius 1 is 0.917 bits per heavy atom. The number of para-hydroxylation sites is 1. The van der Waals surface area contributed by atoms with Gasteiger partial charge in [0.15, 0.2) is 5.82 Å². The van der Waals surface area contributed by atoms with Gasteiger partial charge < -0.3 is 25.2 Å². The molecule has 0 aliphatic carbocycles. The van der Waals surface area contributed by atoms with Gasteiger partial charge in [0.2, 0.25) is 27.8 Å². The first-order chi connectivity index (χ1) is 28.8. The lowest BCUT2D eigenvalue weighted by molar-refractivity contribution is -0.134. The van der Waals surface area contributed by atoms with Gasteiger partial charge in [0, 0.05) is 87.2 Å². The molecular weight excluding hydrogens is 832 g/mol. The number of hydrogen-bond donors (Lipinski definition) is 3. The van der Waals surface area contributed by atoms with Gasteiger partial charge in [0.05, 0.1) is 42.5 Å². The zero-order chi connectivity index (χ0) is 42.1. The minimum absolute atomic E-state index is 0.183. The summed E-state index contributed by atoms with van der Waals surface area (Å²) >= 11 is 13.1. The lowest BCUT2D eigenvalue weighted by Gasteiger charge is -2.43. The highest BCUT2D eigenvalue weighted by atomic mass is 35.5. The van der Waals surface area contributed by atoms with E-state index in [9.17, 15) is 18.0 Å². The van der Waals surface area contributed by atoms with Crippen molar-refractivity contribution in [2.45, 2.75) is 50.5 Å². The van der Waals surface area contributed by atoms with Crippen LogP contribution in [0.2, 0.25) is 10.0 Å². The molecule has 14 nitrogen and oxygen atoms in total. The number of fused-ring (bicyclic) bond motifs is 1. The molecule has 60 heavy (non-hydrogen) atoms. The molecule has 0 saturated carbocycles. The van der Waals surface area contributed by atoms with Crippen LogP contribution in [0.25, 0.3) is 0 Å². The van der Waals surface area contributed by atoms with E-state index in [4.69, 9.17) is 27.9 Å². The van der Waals surface area contributed by atoms with Crippen molar-refractivity contribution in [2.75, 3.05) is 85.6 Å². The number of imide groups is 1. The van der Waals surface area contributed by atoms with Crippen LogP contribution in [0.4, 0.5) is 38.9 Å². The number of anilines is 6. The lowest BCUT2D eigenvalue weighted by Crippen LogP contribution is -2.53. The van der Waals surface area contributed by atoms with Gasteiger partial charge in [0.25, 0.3) is 0 Å². The zero-order valence-corrected chi connectivity index (χ0v) is 35.8. The number of ether oxygens (including phenoxy) is 1. The summed E-state index contributed by atoms with van der Waals surface area (Å²) in [5.41, 5.74) is 4.82. The maximum atomic E-state index is 15.1. The highest BCUT2D eigenvalue weighted by Gasteiger charge is 2.32. The summed E-state index contributed by atoms with van der Waals surface area (Å²) < 4.78 is 47.4. The van der Waals surface area contributed by atoms with Gasteiger partial charge in [0.1, 0.15) is 16.6 Å². The maximum absolute atomic E-state index is 15.1. The molecule has 3 N–H and O–H groups in total. The molecular formula is C42H48Cl2FN9O5S. The Hall–Kier alpha value is -4.74. The van der Waals surface area contributed by atoms with Crippen molar-refractivity contribution in [3.05, 3.63) is 87.3 Å². The SMILES string of the molecule is COc1cc(N2CCC(N3CCN(CCc4cc(F)c(C5CCC(=O)NC5=O)cc4Cl)CC3)CC2)ccc1Nc1ncc(Cl)c(Nc2cccc3c2N(S(C)(=O)=O)CC3)n1. The molecule has 18 heteroatoms. The van der Waals surface area contributed by atoms with Crippen LogP contribution < -0.4 is 29.9 Å². The van der Waals surface area contributed by atoms with Crippen LogP contribution in [-0.2, 0) is 32.5 Å². The summed E-state index contributed by atoms with van der Waals surface area (Å²) in [5.74, 6) is -0.714. The first-order valence-corrected chi connectivity index (χ1v) is 22.8. The van der Waals surface area contributed by atoms with E-state index >= 15 is 4.39 Å². The summed E-state index contributed by atoms with van der Waals surface area (Å²) in [6.07, 6.45) is 6.46. The number of carbonyl (C=O) groups is 2. The fourth-order valence-corrected chi connectivity index (χ4v) is 10.1. The van der Waals surface area contributed by atoms with E-state index in [2.05, 4.69) is 46.7 Å². The Kier molecular flexibility index (Phi) is 12.4. The largest absolute Gasteiger partial charge is 0.494 e. The number of piperazine rings is 1. The van der Waals surface area contributed by atoms with Crippen LogP contribution in [0.1, 0.15) is 48.3 Å². The number of halogens is 3. The van der Waals surface area contributed by atoms with Crippen LogP contribution in [0.15, 0.2) is 54.7 Å². The predicted octanol–water partition coefficient (Wildman–Crippen LogP) is 6.09. The van der Waals surface area contributed by atoms with Crippen molar-refractivity contribution in [1.29, 1.82) is 0 Å². The zero-order valence-electron chi connectivity index (χ0n) is 33.5. The molecule has 4 aliphatic heterocycles. The molecule has 0 radical (unpaired) electrons. The standard InChI is InChI=1S/C42H48Cl2FN9O5S/c1-59-37-23-29(6-8-35(37)48-42-46-25-33(44)40(50-42)47-36-5-3-4-26-11-17-54(39(26)36)60(2,57)58)52-15-12-28(13-16-52)53-20-18-51(19-21-53)14-10-27-22-34(45)31(24-32(27)43)30-7-9-38(55)49-41(30)56/h3-6,8,22-25,28,30H,7,9-21H2,1-2H3,(H,49,55,56)(H2,46,47,48,50). The molecule has 8 rings (SSSR count). The number of hydrogen-bond acceptors (Lipinski definition) is 12. The molecule has 4 aromatic rings. The molecule has 0 bridgehead atoms. The number of aromatic nitrogens is 2. The molecule has 318 valence electrons. The quantitative estimate of drug-likeness (QED) is 0.141. The second-order valence-corrected chi connectivity index (χ2v) is 18.5. The first-order valence-electron chi connectivity index (χ1n) is 20.2. The molecule has 4 aliphatic rings. The highest BCUT2D eigenvalue weighted by molar-refractivity contribution is 7.92. The topological polar surface area (TPSA) is 152 Å². The number of nitrogens with zero attached hydrogens (tertiary/aromatic N) is 6. The lowest BCUT2D eigenvalue weighted by atomic mass is 9.89. The molecule has 0 spiro atoms. The Labute approximate surface area is 359 Å². The van der Waals surface area contributed by atoms with Gasteiger partial charge in [-0.1, -0.05) is 35.3 Å². The summed E-state index contributed by atoms with van der Waals surface area (Å²) in [6, 6.07) is 15.1. The van der Waals surface area contributed by atoms with E-state index in [1.807, 2.05) is 24.3 Å². The van der Waals surface area contributed by atoms with Gasteiger partial charge >= 0.3 is 0 Å². The van der Waals surface area contributed by atoms with E-state index in [1.54, 1.807) is 19.2 Å². The summed E-state index contributed by atoms with van der Waals surface area (Å²) in [7, 11) is -1.84. The Balaban J connectivity index is 0.828. The monoisotopic (exact) mass is 879 g/mol. The average molecular weight is 881 g/mol. The first kappa shape index (κ1) is 42.0. The number of carbonyl (C=O) groups excluding carboxylic acids is 2. The van der Waals surface area contributed by atoms with E-state index in [0.717, 1.165) is 75.5 Å².